The Hall–Kier alpha value is -2.10. The van der Waals surface area contributed by atoms with Crippen LogP contribution >= 0.6 is 0 Å². The van der Waals surface area contributed by atoms with Gasteiger partial charge in [-0.25, -0.2) is 0 Å². The topological polar surface area (TPSA) is 32.7 Å². The summed E-state index contributed by atoms with van der Waals surface area (Å²) in [4.78, 5) is 2.46. The average Bonchev–Trinajstić information content (AvgIpc) is 2.73. The van der Waals surface area contributed by atoms with Crippen molar-refractivity contribution in [3.8, 4) is 5.75 Å². The van der Waals surface area contributed by atoms with Gasteiger partial charge in [-0.05, 0) is 61.2 Å². The molecule has 0 heterocycles. The summed E-state index contributed by atoms with van der Waals surface area (Å²) in [5.41, 5.74) is 5.34. The van der Waals surface area contributed by atoms with Crippen molar-refractivity contribution in [3.05, 3.63) is 70.8 Å². The Bertz CT molecular complexity index is 754. The van der Waals surface area contributed by atoms with Crippen molar-refractivity contribution in [3.63, 3.8) is 0 Å². The molecule has 0 bridgehead atoms. The standard InChI is InChI=1S/C24H31NO2/c1-3-25(17-19-7-5-4-6-8-19)14-13-23(18-26)21-9-10-22-16-24(27-2)12-11-20(22)15-21/h4-8,11-12,15-16,23,26H,3,9-10,13-14,17-18H2,1-2H3. The van der Waals surface area contributed by atoms with Gasteiger partial charge in [0, 0.05) is 19.1 Å². The van der Waals surface area contributed by atoms with Crippen LogP contribution in [0.25, 0.3) is 6.08 Å². The van der Waals surface area contributed by atoms with E-state index in [1.165, 1.54) is 22.3 Å². The molecule has 3 heteroatoms. The molecule has 0 radical (unpaired) electrons. The highest BCUT2D eigenvalue weighted by Crippen LogP contribution is 2.32. The summed E-state index contributed by atoms with van der Waals surface area (Å²) in [6.45, 7) is 5.43. The maximum Gasteiger partial charge on any atom is 0.119 e. The highest BCUT2D eigenvalue weighted by Gasteiger charge is 2.19. The Morgan fingerprint density at radius 3 is 2.63 bits per heavy atom. The fourth-order valence-electron chi connectivity index (χ4n) is 3.86. The van der Waals surface area contributed by atoms with Gasteiger partial charge in [0.15, 0.2) is 0 Å². The molecule has 0 aliphatic heterocycles. The van der Waals surface area contributed by atoms with Crippen LogP contribution in [0.3, 0.4) is 0 Å². The van der Waals surface area contributed by atoms with E-state index < -0.39 is 0 Å². The van der Waals surface area contributed by atoms with Crippen molar-refractivity contribution in [1.29, 1.82) is 0 Å². The third-order valence-corrected chi connectivity index (χ3v) is 5.61. The monoisotopic (exact) mass is 365 g/mol. The maximum absolute atomic E-state index is 10.0. The molecule has 1 aliphatic carbocycles. The zero-order valence-electron chi connectivity index (χ0n) is 16.5. The number of nitrogens with zero attached hydrogens (tertiary/aromatic N) is 1. The molecule has 1 N–H and O–H groups in total. The molecule has 0 aromatic heterocycles. The zero-order valence-corrected chi connectivity index (χ0v) is 16.5. The second-order valence-electron chi connectivity index (χ2n) is 7.31. The van der Waals surface area contributed by atoms with Crippen molar-refractivity contribution < 1.29 is 9.84 Å². The van der Waals surface area contributed by atoms with Gasteiger partial charge < -0.3 is 9.84 Å². The molecule has 27 heavy (non-hydrogen) atoms. The van der Waals surface area contributed by atoms with Gasteiger partial charge in [0.1, 0.15) is 5.75 Å². The van der Waals surface area contributed by atoms with E-state index in [4.69, 9.17) is 4.74 Å². The molecule has 1 unspecified atom stereocenters. The van der Waals surface area contributed by atoms with E-state index in [-0.39, 0.29) is 12.5 Å². The fourth-order valence-corrected chi connectivity index (χ4v) is 3.86. The molecular weight excluding hydrogens is 334 g/mol. The van der Waals surface area contributed by atoms with Crippen molar-refractivity contribution >= 4 is 6.08 Å². The van der Waals surface area contributed by atoms with E-state index in [2.05, 4.69) is 60.4 Å². The molecule has 0 spiro atoms. The number of hydrogen-bond acceptors (Lipinski definition) is 3. The van der Waals surface area contributed by atoms with E-state index in [0.717, 1.165) is 44.6 Å². The van der Waals surface area contributed by atoms with Crippen LogP contribution in [0, 0.1) is 5.92 Å². The van der Waals surface area contributed by atoms with Gasteiger partial charge in [-0.15, -0.1) is 0 Å². The maximum atomic E-state index is 10.0. The molecule has 3 rings (SSSR count). The van der Waals surface area contributed by atoms with Crippen molar-refractivity contribution in [1.82, 2.24) is 4.90 Å². The van der Waals surface area contributed by atoms with Crippen LogP contribution in [0.4, 0.5) is 0 Å². The molecular formula is C24H31NO2. The van der Waals surface area contributed by atoms with Crippen LogP contribution in [0.2, 0.25) is 0 Å². The fraction of sp³-hybridized carbons (Fsp3) is 0.417. The largest absolute Gasteiger partial charge is 0.497 e. The summed E-state index contributed by atoms with van der Waals surface area (Å²) in [6, 6.07) is 16.9. The smallest absolute Gasteiger partial charge is 0.119 e. The Morgan fingerprint density at radius 2 is 1.93 bits per heavy atom. The Morgan fingerprint density at radius 1 is 1.11 bits per heavy atom. The number of fused-ring (bicyclic) bond motifs is 1. The summed E-state index contributed by atoms with van der Waals surface area (Å²) >= 11 is 0. The SMILES string of the molecule is CCN(CCC(CO)C1=Cc2ccc(OC)cc2CC1)Cc1ccccc1. The highest BCUT2D eigenvalue weighted by molar-refractivity contribution is 5.61. The Kier molecular flexibility index (Phi) is 7.08. The highest BCUT2D eigenvalue weighted by atomic mass is 16.5. The number of aryl methyl sites for hydroxylation is 1. The average molecular weight is 366 g/mol. The first kappa shape index (κ1) is 19.7. The summed E-state index contributed by atoms with van der Waals surface area (Å²) in [6.07, 6.45) is 5.33. The molecule has 0 fully saturated rings. The van der Waals surface area contributed by atoms with Gasteiger partial charge >= 0.3 is 0 Å². The number of aliphatic hydroxyl groups is 1. The minimum absolute atomic E-state index is 0.222. The molecule has 0 amide bonds. The van der Waals surface area contributed by atoms with Crippen LogP contribution in [-0.2, 0) is 13.0 Å². The lowest BCUT2D eigenvalue weighted by atomic mass is 9.84. The number of ether oxygens (including phenoxy) is 1. The molecule has 1 aliphatic rings. The van der Waals surface area contributed by atoms with E-state index in [1.54, 1.807) is 7.11 Å². The minimum Gasteiger partial charge on any atom is -0.497 e. The lowest BCUT2D eigenvalue weighted by molar-refractivity contribution is 0.205. The summed E-state index contributed by atoms with van der Waals surface area (Å²) < 4.78 is 5.34. The summed E-state index contributed by atoms with van der Waals surface area (Å²) in [5.74, 6) is 1.16. The van der Waals surface area contributed by atoms with Crippen molar-refractivity contribution in [2.75, 3.05) is 26.8 Å². The van der Waals surface area contributed by atoms with Crippen LogP contribution in [0.1, 0.15) is 36.5 Å². The van der Waals surface area contributed by atoms with Gasteiger partial charge in [-0.2, -0.15) is 0 Å². The second kappa shape index (κ2) is 9.72. The van der Waals surface area contributed by atoms with Crippen LogP contribution < -0.4 is 4.74 Å². The number of aliphatic hydroxyl groups excluding tert-OH is 1. The lowest BCUT2D eigenvalue weighted by Gasteiger charge is -2.27. The van der Waals surface area contributed by atoms with Gasteiger partial charge in [0.25, 0.3) is 0 Å². The summed E-state index contributed by atoms with van der Waals surface area (Å²) in [5, 5.41) is 10.0. The number of rotatable bonds is 9. The van der Waals surface area contributed by atoms with Gasteiger partial charge in [-0.1, -0.05) is 55.0 Å². The molecule has 3 nitrogen and oxygen atoms in total. The summed E-state index contributed by atoms with van der Waals surface area (Å²) in [7, 11) is 1.71. The lowest BCUT2D eigenvalue weighted by Crippen LogP contribution is -2.27. The molecule has 1 atom stereocenters. The number of benzene rings is 2. The molecule has 0 saturated carbocycles. The van der Waals surface area contributed by atoms with Crippen LogP contribution in [-0.4, -0.2) is 36.8 Å². The number of hydrogen-bond donors (Lipinski definition) is 1. The van der Waals surface area contributed by atoms with Crippen molar-refractivity contribution in [2.45, 2.75) is 32.7 Å². The van der Waals surface area contributed by atoms with Gasteiger partial charge in [0.2, 0.25) is 0 Å². The van der Waals surface area contributed by atoms with E-state index in [1.807, 2.05) is 6.07 Å². The van der Waals surface area contributed by atoms with Gasteiger partial charge in [0.05, 0.1) is 7.11 Å². The molecule has 2 aromatic carbocycles. The van der Waals surface area contributed by atoms with E-state index in [0.29, 0.717) is 0 Å². The van der Waals surface area contributed by atoms with Crippen molar-refractivity contribution in [2.24, 2.45) is 5.92 Å². The Balaban J connectivity index is 1.63. The zero-order chi connectivity index (χ0) is 19.1. The molecule has 2 aromatic rings. The Labute approximate surface area is 163 Å². The molecule has 0 saturated heterocycles. The van der Waals surface area contributed by atoms with Crippen LogP contribution in [0.5, 0.6) is 5.75 Å². The van der Waals surface area contributed by atoms with E-state index in [9.17, 15) is 5.11 Å². The van der Waals surface area contributed by atoms with Gasteiger partial charge in [-0.3, -0.25) is 4.90 Å². The third-order valence-electron chi connectivity index (χ3n) is 5.61. The predicted octanol–water partition coefficient (Wildman–Crippen LogP) is 4.55. The first-order valence-corrected chi connectivity index (χ1v) is 9.98. The molecule has 144 valence electrons. The quantitative estimate of drug-likeness (QED) is 0.708. The normalized spacial score (nSPS) is 14.6. The van der Waals surface area contributed by atoms with Crippen LogP contribution in [0.15, 0.2) is 54.1 Å². The second-order valence-corrected chi connectivity index (χ2v) is 7.31. The van der Waals surface area contributed by atoms with E-state index >= 15 is 0 Å². The minimum atomic E-state index is 0.222. The number of methoxy groups -OCH3 is 1. The third kappa shape index (κ3) is 5.21. The first-order chi connectivity index (χ1) is 13.2. The predicted molar refractivity (Wildman–Crippen MR) is 112 cm³/mol. The first-order valence-electron chi connectivity index (χ1n) is 9.98.